The average molecular weight is 253 g/mol. The van der Waals surface area contributed by atoms with Gasteiger partial charge in [0.15, 0.2) is 0 Å². The van der Waals surface area contributed by atoms with Crippen molar-refractivity contribution >= 4 is 0 Å². The lowest BCUT2D eigenvalue weighted by Gasteiger charge is -2.19. The molecule has 0 aromatic carbocycles. The lowest BCUT2D eigenvalue weighted by Crippen LogP contribution is -2.23. The number of nitrogens with one attached hydrogen (secondary N) is 1. The molecule has 0 aliphatic heterocycles. The van der Waals surface area contributed by atoms with Gasteiger partial charge < -0.3 is 14.8 Å². The first kappa shape index (κ1) is 14.7. The minimum atomic E-state index is 0.184. The van der Waals surface area contributed by atoms with E-state index >= 15 is 0 Å². The second-order valence-corrected chi connectivity index (χ2v) is 4.10. The van der Waals surface area contributed by atoms with E-state index in [0.29, 0.717) is 11.8 Å². The van der Waals surface area contributed by atoms with Gasteiger partial charge in [0.25, 0.3) is 0 Å². The maximum atomic E-state index is 5.30. The van der Waals surface area contributed by atoms with Gasteiger partial charge in [0, 0.05) is 0 Å². The van der Waals surface area contributed by atoms with E-state index in [2.05, 4.69) is 29.1 Å². The van der Waals surface area contributed by atoms with E-state index in [4.69, 9.17) is 9.47 Å². The molecule has 1 aromatic heterocycles. The van der Waals surface area contributed by atoms with E-state index in [-0.39, 0.29) is 6.04 Å². The summed E-state index contributed by atoms with van der Waals surface area (Å²) in [6, 6.07) is 0.184. The van der Waals surface area contributed by atoms with Crippen LogP contribution in [0.3, 0.4) is 0 Å². The normalized spacial score (nSPS) is 12.2. The van der Waals surface area contributed by atoms with Crippen LogP contribution in [0.1, 0.15) is 44.8 Å². The van der Waals surface area contributed by atoms with Crippen molar-refractivity contribution in [2.24, 2.45) is 0 Å². The maximum absolute atomic E-state index is 5.30. The Balaban J connectivity index is 2.94. The zero-order valence-electron chi connectivity index (χ0n) is 11.7. The number of ether oxygens (including phenoxy) is 2. The van der Waals surface area contributed by atoms with Crippen molar-refractivity contribution in [2.75, 3.05) is 20.8 Å². The zero-order chi connectivity index (χ0) is 13.4. The Morgan fingerprint density at radius 3 is 2.56 bits per heavy atom. The molecule has 1 unspecified atom stereocenters. The third-order valence-corrected chi connectivity index (χ3v) is 2.70. The van der Waals surface area contributed by atoms with Crippen LogP contribution in [0.25, 0.3) is 0 Å². The Hall–Kier alpha value is -1.36. The number of methoxy groups -OCH3 is 2. The lowest BCUT2D eigenvalue weighted by molar-refractivity contribution is 0.346. The van der Waals surface area contributed by atoms with Gasteiger partial charge in [0.1, 0.15) is 5.69 Å². The molecule has 0 fully saturated rings. The van der Waals surface area contributed by atoms with Crippen molar-refractivity contribution in [1.29, 1.82) is 0 Å². The number of hydrogen-bond acceptors (Lipinski definition) is 5. The molecule has 0 amide bonds. The molecule has 0 aliphatic rings. The molecule has 5 heteroatoms. The summed E-state index contributed by atoms with van der Waals surface area (Å²) >= 11 is 0. The highest BCUT2D eigenvalue weighted by Crippen LogP contribution is 2.26. The van der Waals surface area contributed by atoms with Crippen LogP contribution in [0, 0.1) is 0 Å². The van der Waals surface area contributed by atoms with Crippen molar-refractivity contribution in [3.8, 4) is 11.8 Å². The summed E-state index contributed by atoms with van der Waals surface area (Å²) in [6.45, 7) is 5.26. The van der Waals surface area contributed by atoms with Gasteiger partial charge >= 0.3 is 0 Å². The Morgan fingerprint density at radius 1 is 1.22 bits per heavy atom. The summed E-state index contributed by atoms with van der Waals surface area (Å²) in [6.07, 6.45) is 4.82. The Morgan fingerprint density at radius 2 is 2.00 bits per heavy atom. The van der Waals surface area contributed by atoms with Gasteiger partial charge in [-0.05, 0) is 19.4 Å². The fraction of sp³-hybridized carbons (Fsp3) is 0.692. The van der Waals surface area contributed by atoms with Crippen LogP contribution in [0.2, 0.25) is 0 Å². The molecule has 0 saturated carbocycles. The second kappa shape index (κ2) is 7.87. The number of nitrogens with zero attached hydrogens (tertiary/aromatic N) is 2. The van der Waals surface area contributed by atoms with E-state index in [1.54, 1.807) is 20.4 Å². The molecule has 102 valence electrons. The van der Waals surface area contributed by atoms with Crippen LogP contribution < -0.4 is 14.8 Å². The first-order valence-corrected chi connectivity index (χ1v) is 6.45. The predicted octanol–water partition coefficient (Wildman–Crippen LogP) is 2.33. The van der Waals surface area contributed by atoms with Crippen LogP contribution in [0.15, 0.2) is 6.20 Å². The summed E-state index contributed by atoms with van der Waals surface area (Å²) in [7, 11) is 3.18. The van der Waals surface area contributed by atoms with Gasteiger partial charge in [-0.15, -0.1) is 0 Å². The molecule has 1 atom stereocenters. The Kier molecular flexibility index (Phi) is 6.43. The predicted molar refractivity (Wildman–Crippen MR) is 71.1 cm³/mol. The topological polar surface area (TPSA) is 56.3 Å². The largest absolute Gasteiger partial charge is 0.480 e. The monoisotopic (exact) mass is 253 g/mol. The van der Waals surface area contributed by atoms with Crippen LogP contribution in [0.5, 0.6) is 11.8 Å². The van der Waals surface area contributed by atoms with E-state index < -0.39 is 0 Å². The van der Waals surface area contributed by atoms with Crippen LogP contribution in [-0.4, -0.2) is 30.7 Å². The fourth-order valence-corrected chi connectivity index (χ4v) is 1.80. The maximum Gasteiger partial charge on any atom is 0.240 e. The SMILES string of the molecule is CCCNC(CCC)c1ncc(OC)nc1OC. The Bertz CT molecular complexity index is 358. The molecule has 1 heterocycles. The van der Waals surface area contributed by atoms with E-state index in [1.165, 1.54) is 0 Å². The van der Waals surface area contributed by atoms with Gasteiger partial charge in [-0.25, -0.2) is 4.98 Å². The summed E-state index contributed by atoms with van der Waals surface area (Å²) in [4.78, 5) is 8.69. The number of hydrogen-bond donors (Lipinski definition) is 1. The molecular formula is C13H23N3O2. The van der Waals surface area contributed by atoms with Crippen LogP contribution in [0.4, 0.5) is 0 Å². The van der Waals surface area contributed by atoms with Gasteiger partial charge in [-0.2, -0.15) is 4.98 Å². The van der Waals surface area contributed by atoms with E-state index in [1.807, 2.05) is 0 Å². The minimum absolute atomic E-state index is 0.184. The summed E-state index contributed by atoms with van der Waals surface area (Å²) in [5, 5.41) is 3.48. The molecule has 0 bridgehead atoms. The molecule has 18 heavy (non-hydrogen) atoms. The molecule has 0 radical (unpaired) electrons. The highest BCUT2D eigenvalue weighted by atomic mass is 16.5. The first-order chi connectivity index (χ1) is 8.76. The van der Waals surface area contributed by atoms with Crippen molar-refractivity contribution in [2.45, 2.75) is 39.2 Å². The van der Waals surface area contributed by atoms with Gasteiger partial charge in [-0.1, -0.05) is 20.3 Å². The number of rotatable bonds is 8. The number of aromatic nitrogens is 2. The average Bonchev–Trinajstić information content (AvgIpc) is 2.42. The molecule has 1 rings (SSSR count). The Labute approximate surface area is 109 Å². The molecule has 0 spiro atoms. The first-order valence-electron chi connectivity index (χ1n) is 6.45. The van der Waals surface area contributed by atoms with E-state index in [9.17, 15) is 0 Å². The molecule has 0 saturated heterocycles. The summed E-state index contributed by atoms with van der Waals surface area (Å²) < 4.78 is 10.4. The smallest absolute Gasteiger partial charge is 0.240 e. The van der Waals surface area contributed by atoms with Crippen molar-refractivity contribution in [1.82, 2.24) is 15.3 Å². The van der Waals surface area contributed by atoms with Crippen LogP contribution in [-0.2, 0) is 0 Å². The molecule has 0 aliphatic carbocycles. The van der Waals surface area contributed by atoms with Gasteiger partial charge in [0.2, 0.25) is 11.8 Å². The quantitative estimate of drug-likeness (QED) is 0.770. The lowest BCUT2D eigenvalue weighted by atomic mass is 10.1. The minimum Gasteiger partial charge on any atom is -0.480 e. The molecule has 5 nitrogen and oxygen atoms in total. The van der Waals surface area contributed by atoms with E-state index in [0.717, 1.165) is 31.5 Å². The van der Waals surface area contributed by atoms with Gasteiger partial charge in [-0.3, -0.25) is 0 Å². The summed E-state index contributed by atoms with van der Waals surface area (Å²) in [5.41, 5.74) is 0.855. The molecule has 1 aromatic rings. The highest BCUT2D eigenvalue weighted by molar-refractivity contribution is 5.25. The second-order valence-electron chi connectivity index (χ2n) is 4.10. The highest BCUT2D eigenvalue weighted by Gasteiger charge is 2.18. The standard InChI is InChI=1S/C13H23N3O2/c1-5-7-10(14-8-6-2)12-13(18-4)16-11(17-3)9-15-12/h9-10,14H,5-8H2,1-4H3. The summed E-state index contributed by atoms with van der Waals surface area (Å²) in [5.74, 6) is 1.01. The van der Waals surface area contributed by atoms with Crippen LogP contribution >= 0.6 is 0 Å². The fourth-order valence-electron chi connectivity index (χ4n) is 1.80. The van der Waals surface area contributed by atoms with Gasteiger partial charge in [0.05, 0.1) is 26.5 Å². The van der Waals surface area contributed by atoms with Crippen molar-refractivity contribution in [3.63, 3.8) is 0 Å². The third kappa shape index (κ3) is 3.84. The zero-order valence-corrected chi connectivity index (χ0v) is 11.7. The van der Waals surface area contributed by atoms with Crippen molar-refractivity contribution < 1.29 is 9.47 Å². The van der Waals surface area contributed by atoms with Crippen molar-refractivity contribution in [3.05, 3.63) is 11.9 Å². The molecular weight excluding hydrogens is 230 g/mol. The molecule has 1 N–H and O–H groups in total. The third-order valence-electron chi connectivity index (χ3n) is 2.70.